The van der Waals surface area contributed by atoms with Crippen LogP contribution in [0.3, 0.4) is 0 Å². The van der Waals surface area contributed by atoms with Crippen molar-refractivity contribution >= 4 is 0 Å². The molecule has 1 saturated heterocycles. The molecule has 0 bridgehead atoms. The molecule has 0 spiro atoms. The van der Waals surface area contributed by atoms with Gasteiger partial charge in [0.1, 0.15) is 0 Å². The van der Waals surface area contributed by atoms with Crippen LogP contribution >= 0.6 is 0 Å². The monoisotopic (exact) mass is 174 g/mol. The topological polar surface area (TPSA) is 52.6 Å². The Morgan fingerprint density at radius 3 is 3.08 bits per heavy atom. The number of aliphatic hydroxyl groups is 1. The summed E-state index contributed by atoms with van der Waals surface area (Å²) in [6, 6.07) is 0.102. The molecule has 1 atom stereocenters. The van der Waals surface area contributed by atoms with Gasteiger partial charge in [0.15, 0.2) is 0 Å². The lowest BCUT2D eigenvalue weighted by atomic mass is 10.2. The first kappa shape index (κ1) is 9.92. The van der Waals surface area contributed by atoms with Gasteiger partial charge in [-0.25, -0.2) is 5.11 Å². The maximum Gasteiger partial charge on any atom is 0.0834 e. The first-order valence-corrected chi connectivity index (χ1v) is 4.39. The quantitative estimate of drug-likeness (QED) is 0.625. The van der Waals surface area contributed by atoms with Crippen molar-refractivity contribution in [2.24, 2.45) is 0 Å². The molecule has 12 heavy (non-hydrogen) atoms. The summed E-state index contributed by atoms with van der Waals surface area (Å²) >= 11 is 0. The zero-order chi connectivity index (χ0) is 8.81. The zero-order valence-electron chi connectivity index (χ0n) is 7.24. The van der Waals surface area contributed by atoms with E-state index in [0.29, 0.717) is 13.0 Å². The molecule has 0 saturated carbocycles. The maximum atomic E-state index is 10.2. The van der Waals surface area contributed by atoms with Crippen LogP contribution in [0.25, 0.3) is 0 Å². The number of rotatable bonds is 4. The first-order valence-electron chi connectivity index (χ1n) is 4.39. The smallest absolute Gasteiger partial charge is 0.0834 e. The number of morpholine rings is 1. The summed E-state index contributed by atoms with van der Waals surface area (Å²) in [4.78, 5) is 2.13. The Morgan fingerprint density at radius 2 is 2.42 bits per heavy atom. The van der Waals surface area contributed by atoms with Gasteiger partial charge in [0.25, 0.3) is 0 Å². The Kier molecular flexibility index (Phi) is 4.53. The largest absolute Gasteiger partial charge is 0.395 e. The Hall–Kier alpha value is -0.160. The van der Waals surface area contributed by atoms with Gasteiger partial charge in [-0.1, -0.05) is 0 Å². The minimum absolute atomic E-state index is 0.0322. The summed E-state index contributed by atoms with van der Waals surface area (Å²) < 4.78 is 5.20. The summed E-state index contributed by atoms with van der Waals surface area (Å²) in [7, 11) is 0. The van der Waals surface area contributed by atoms with Crippen molar-refractivity contribution in [2.45, 2.75) is 12.5 Å². The van der Waals surface area contributed by atoms with Crippen LogP contribution in [0, 0.1) is 0 Å². The minimum Gasteiger partial charge on any atom is -0.395 e. The van der Waals surface area contributed by atoms with Crippen molar-refractivity contribution in [3.63, 3.8) is 0 Å². The van der Waals surface area contributed by atoms with Gasteiger partial charge in [-0.15, -0.1) is 0 Å². The zero-order valence-corrected chi connectivity index (χ0v) is 7.24. The Morgan fingerprint density at radius 1 is 1.58 bits per heavy atom. The van der Waals surface area contributed by atoms with E-state index in [9.17, 15) is 5.11 Å². The summed E-state index contributed by atoms with van der Waals surface area (Å²) in [6.07, 6.45) is 0.663. The van der Waals surface area contributed by atoms with Crippen molar-refractivity contribution in [3.05, 3.63) is 0 Å². The molecule has 0 aromatic carbocycles. The van der Waals surface area contributed by atoms with Gasteiger partial charge in [0.2, 0.25) is 0 Å². The van der Waals surface area contributed by atoms with E-state index in [0.717, 1.165) is 19.7 Å². The summed E-state index contributed by atoms with van der Waals surface area (Å²) in [5.41, 5.74) is 0. The second-order valence-corrected chi connectivity index (χ2v) is 3.00. The molecular formula is C8H16NO3. The molecule has 1 fully saturated rings. The molecule has 0 aromatic heterocycles. The standard InChI is InChI=1S/C8H16NO3/c10-4-1-2-9-3-5-12-7-8(9)6-11/h8,11H,1-7H2/t8-/m0/s1. The fraction of sp³-hybridized carbons (Fsp3) is 1.00. The fourth-order valence-electron chi connectivity index (χ4n) is 1.42. The highest BCUT2D eigenvalue weighted by Gasteiger charge is 2.21. The van der Waals surface area contributed by atoms with E-state index in [4.69, 9.17) is 9.84 Å². The number of ether oxygens (including phenoxy) is 1. The Labute approximate surface area is 72.7 Å². The molecule has 1 N–H and O–H groups in total. The van der Waals surface area contributed by atoms with Gasteiger partial charge in [0, 0.05) is 13.1 Å². The van der Waals surface area contributed by atoms with Gasteiger partial charge in [-0.05, 0) is 6.42 Å². The maximum absolute atomic E-state index is 10.2. The van der Waals surface area contributed by atoms with Crippen LogP contribution in [-0.4, -0.2) is 55.6 Å². The molecule has 1 aliphatic heterocycles. The number of hydrogen-bond acceptors (Lipinski definition) is 3. The molecule has 0 aliphatic carbocycles. The van der Waals surface area contributed by atoms with Crippen LogP contribution in [0.4, 0.5) is 0 Å². The second-order valence-electron chi connectivity index (χ2n) is 3.00. The first-order chi connectivity index (χ1) is 5.88. The molecule has 4 nitrogen and oxygen atoms in total. The van der Waals surface area contributed by atoms with Gasteiger partial charge in [-0.3, -0.25) is 4.90 Å². The molecule has 0 aromatic rings. The van der Waals surface area contributed by atoms with E-state index in [1.165, 1.54) is 0 Å². The average Bonchev–Trinajstić information content (AvgIpc) is 2.15. The van der Waals surface area contributed by atoms with E-state index < -0.39 is 0 Å². The van der Waals surface area contributed by atoms with Gasteiger partial charge < -0.3 is 9.84 Å². The number of nitrogens with zero attached hydrogens (tertiary/aromatic N) is 1. The SMILES string of the molecule is [O]CCCN1CCOC[C@@H]1CO. The minimum atomic E-state index is -0.0322. The van der Waals surface area contributed by atoms with Crippen molar-refractivity contribution < 1.29 is 14.9 Å². The molecule has 0 amide bonds. The van der Waals surface area contributed by atoms with E-state index in [1.54, 1.807) is 0 Å². The molecule has 1 radical (unpaired) electrons. The summed E-state index contributed by atoms with van der Waals surface area (Å²) in [5.74, 6) is 0. The predicted molar refractivity (Wildman–Crippen MR) is 43.4 cm³/mol. The van der Waals surface area contributed by atoms with Crippen molar-refractivity contribution in [1.82, 2.24) is 4.90 Å². The van der Waals surface area contributed by atoms with Gasteiger partial charge in [-0.2, -0.15) is 0 Å². The molecular weight excluding hydrogens is 158 g/mol. The molecule has 71 valence electrons. The average molecular weight is 174 g/mol. The van der Waals surface area contributed by atoms with Crippen molar-refractivity contribution in [2.75, 3.05) is 39.5 Å². The van der Waals surface area contributed by atoms with Crippen LogP contribution in [0.15, 0.2) is 0 Å². The van der Waals surface area contributed by atoms with Crippen LogP contribution in [0.5, 0.6) is 0 Å². The lowest BCUT2D eigenvalue weighted by Gasteiger charge is -2.34. The van der Waals surface area contributed by atoms with Gasteiger partial charge in [0.05, 0.1) is 32.5 Å². The van der Waals surface area contributed by atoms with Gasteiger partial charge >= 0.3 is 0 Å². The predicted octanol–water partition coefficient (Wildman–Crippen LogP) is -0.500. The van der Waals surface area contributed by atoms with Crippen molar-refractivity contribution in [1.29, 1.82) is 0 Å². The Bertz CT molecular complexity index is 121. The Balaban J connectivity index is 2.26. The van der Waals surface area contributed by atoms with Crippen LogP contribution in [0.1, 0.15) is 6.42 Å². The van der Waals surface area contributed by atoms with Crippen LogP contribution in [0.2, 0.25) is 0 Å². The van der Waals surface area contributed by atoms with E-state index in [1.807, 2.05) is 0 Å². The summed E-state index contributed by atoms with van der Waals surface area (Å²) in [6.45, 7) is 3.03. The summed E-state index contributed by atoms with van der Waals surface area (Å²) in [5, 5.41) is 19.2. The van der Waals surface area contributed by atoms with Crippen LogP contribution < -0.4 is 0 Å². The normalized spacial score (nSPS) is 26.0. The number of aliphatic hydroxyl groups excluding tert-OH is 1. The second kappa shape index (κ2) is 5.48. The van der Waals surface area contributed by atoms with Crippen LogP contribution in [-0.2, 0) is 9.84 Å². The highest BCUT2D eigenvalue weighted by molar-refractivity contribution is 4.73. The lowest BCUT2D eigenvalue weighted by Crippen LogP contribution is -2.47. The molecule has 1 aliphatic rings. The molecule has 4 heteroatoms. The molecule has 0 unspecified atom stereocenters. The number of hydrogen-bond donors (Lipinski definition) is 1. The molecule has 1 heterocycles. The molecule has 1 rings (SSSR count). The van der Waals surface area contributed by atoms with E-state index in [-0.39, 0.29) is 19.3 Å². The van der Waals surface area contributed by atoms with Crippen molar-refractivity contribution in [3.8, 4) is 0 Å². The van der Waals surface area contributed by atoms with E-state index >= 15 is 0 Å². The third kappa shape index (κ3) is 2.71. The van der Waals surface area contributed by atoms with E-state index in [2.05, 4.69) is 4.90 Å². The third-order valence-electron chi connectivity index (χ3n) is 2.15. The lowest BCUT2D eigenvalue weighted by molar-refractivity contribution is -0.0300. The highest BCUT2D eigenvalue weighted by Crippen LogP contribution is 2.06. The fourth-order valence-corrected chi connectivity index (χ4v) is 1.42. The highest BCUT2D eigenvalue weighted by atomic mass is 16.5. The third-order valence-corrected chi connectivity index (χ3v) is 2.15.